The van der Waals surface area contributed by atoms with Crippen molar-refractivity contribution in [2.24, 2.45) is 0 Å². The molecule has 2 saturated heterocycles. The SMILES string of the molecule is CN(c1cccc(C2CCN(C(=O)OC(C)(C)C)CC2)c1)[C@]1(C)CCC(=O)NC1=O. The first-order valence-corrected chi connectivity index (χ1v) is 10.7. The van der Waals surface area contributed by atoms with Gasteiger partial charge in [0, 0.05) is 32.2 Å². The third-order valence-electron chi connectivity index (χ3n) is 6.20. The molecule has 2 fully saturated rings. The van der Waals surface area contributed by atoms with Crippen molar-refractivity contribution < 1.29 is 19.1 Å². The minimum Gasteiger partial charge on any atom is -0.444 e. The summed E-state index contributed by atoms with van der Waals surface area (Å²) in [6.07, 6.45) is 2.33. The molecule has 2 heterocycles. The van der Waals surface area contributed by atoms with Crippen molar-refractivity contribution in [1.29, 1.82) is 0 Å². The van der Waals surface area contributed by atoms with E-state index in [9.17, 15) is 14.4 Å². The number of likely N-dealkylation sites (N-methyl/N-ethyl adjacent to an activating group) is 1. The van der Waals surface area contributed by atoms with Crippen LogP contribution in [0.25, 0.3) is 0 Å². The average Bonchev–Trinajstić information content (AvgIpc) is 2.69. The zero-order valence-electron chi connectivity index (χ0n) is 18.7. The summed E-state index contributed by atoms with van der Waals surface area (Å²) in [6.45, 7) is 8.85. The lowest BCUT2D eigenvalue weighted by Crippen LogP contribution is -2.60. The Bertz CT molecular complexity index is 824. The number of rotatable bonds is 3. The second kappa shape index (κ2) is 8.28. The van der Waals surface area contributed by atoms with Crippen molar-refractivity contribution in [1.82, 2.24) is 10.2 Å². The molecule has 1 N–H and O–H groups in total. The number of nitrogens with zero attached hydrogens (tertiary/aromatic N) is 2. The minimum atomic E-state index is -0.757. The number of piperidine rings is 2. The van der Waals surface area contributed by atoms with E-state index in [2.05, 4.69) is 17.4 Å². The normalized spacial score (nSPS) is 23.2. The highest BCUT2D eigenvalue weighted by Crippen LogP contribution is 2.34. The van der Waals surface area contributed by atoms with Gasteiger partial charge in [-0.2, -0.15) is 0 Å². The molecule has 7 nitrogen and oxygen atoms in total. The molecule has 0 bridgehead atoms. The number of anilines is 1. The van der Waals surface area contributed by atoms with Crippen LogP contribution in [0.15, 0.2) is 24.3 Å². The third kappa shape index (κ3) is 4.77. The molecule has 3 rings (SSSR count). The Morgan fingerprint density at radius 3 is 2.50 bits per heavy atom. The van der Waals surface area contributed by atoms with Gasteiger partial charge in [-0.3, -0.25) is 14.9 Å². The maximum Gasteiger partial charge on any atom is 0.410 e. The summed E-state index contributed by atoms with van der Waals surface area (Å²) in [5, 5.41) is 2.46. The summed E-state index contributed by atoms with van der Waals surface area (Å²) in [6, 6.07) is 8.24. The lowest BCUT2D eigenvalue weighted by Gasteiger charge is -2.41. The second-order valence-corrected chi connectivity index (χ2v) is 9.55. The number of benzene rings is 1. The number of imide groups is 1. The van der Waals surface area contributed by atoms with Crippen molar-refractivity contribution in [3.8, 4) is 0 Å². The van der Waals surface area contributed by atoms with Gasteiger partial charge in [0.1, 0.15) is 11.1 Å². The Kier molecular flexibility index (Phi) is 6.11. The van der Waals surface area contributed by atoms with Gasteiger partial charge in [0.15, 0.2) is 0 Å². The van der Waals surface area contributed by atoms with Crippen LogP contribution in [-0.2, 0) is 14.3 Å². The summed E-state index contributed by atoms with van der Waals surface area (Å²) in [5.41, 5.74) is 0.916. The molecule has 0 aliphatic carbocycles. The number of amides is 3. The first kappa shape index (κ1) is 22.1. The van der Waals surface area contributed by atoms with Gasteiger partial charge in [-0.15, -0.1) is 0 Å². The molecule has 1 aromatic rings. The Labute approximate surface area is 178 Å². The highest BCUT2D eigenvalue weighted by molar-refractivity contribution is 6.04. The van der Waals surface area contributed by atoms with Crippen molar-refractivity contribution in [2.45, 2.75) is 70.4 Å². The number of carbonyl (C=O) groups is 3. The maximum atomic E-state index is 12.5. The molecule has 0 spiro atoms. The van der Waals surface area contributed by atoms with E-state index in [0.717, 1.165) is 18.5 Å². The van der Waals surface area contributed by atoms with Crippen LogP contribution in [0.2, 0.25) is 0 Å². The van der Waals surface area contributed by atoms with Crippen molar-refractivity contribution >= 4 is 23.6 Å². The number of hydrogen-bond acceptors (Lipinski definition) is 5. The van der Waals surface area contributed by atoms with Crippen molar-refractivity contribution in [2.75, 3.05) is 25.0 Å². The molecular weight excluding hydrogens is 382 g/mol. The highest BCUT2D eigenvalue weighted by atomic mass is 16.6. The molecule has 1 atom stereocenters. The van der Waals surface area contributed by atoms with E-state index in [1.54, 1.807) is 4.90 Å². The number of carbonyl (C=O) groups excluding carboxylic acids is 3. The van der Waals surface area contributed by atoms with Crippen LogP contribution in [0.3, 0.4) is 0 Å². The topological polar surface area (TPSA) is 79.0 Å². The standard InChI is InChI=1S/C23H33N3O4/c1-22(2,3)30-21(29)26-13-10-16(11-14-26)17-7-6-8-18(15-17)25(5)23(4)12-9-19(27)24-20(23)28/h6-8,15-16H,9-14H2,1-5H3,(H,24,27,28)/t23-/m1/s1. The monoisotopic (exact) mass is 415 g/mol. The Hall–Kier alpha value is -2.57. The van der Waals surface area contributed by atoms with Gasteiger partial charge < -0.3 is 14.5 Å². The maximum absolute atomic E-state index is 12.5. The van der Waals surface area contributed by atoms with Gasteiger partial charge in [-0.05, 0) is 70.6 Å². The second-order valence-electron chi connectivity index (χ2n) is 9.55. The third-order valence-corrected chi connectivity index (χ3v) is 6.20. The molecule has 30 heavy (non-hydrogen) atoms. The summed E-state index contributed by atoms with van der Waals surface area (Å²) in [5.74, 6) is -0.111. The lowest BCUT2D eigenvalue weighted by atomic mass is 9.87. The number of likely N-dealkylation sites (tertiary alicyclic amines) is 1. The molecule has 7 heteroatoms. The lowest BCUT2D eigenvalue weighted by molar-refractivity contribution is -0.137. The summed E-state index contributed by atoms with van der Waals surface area (Å²) >= 11 is 0. The van der Waals surface area contributed by atoms with Crippen molar-refractivity contribution in [3.63, 3.8) is 0 Å². The van der Waals surface area contributed by atoms with Gasteiger partial charge in [-0.1, -0.05) is 12.1 Å². The van der Waals surface area contributed by atoms with Crippen LogP contribution < -0.4 is 10.2 Å². The van der Waals surface area contributed by atoms with Gasteiger partial charge in [0.2, 0.25) is 5.91 Å². The zero-order valence-corrected chi connectivity index (χ0v) is 18.7. The van der Waals surface area contributed by atoms with E-state index in [1.165, 1.54) is 5.56 Å². The first-order valence-electron chi connectivity index (χ1n) is 10.7. The van der Waals surface area contributed by atoms with Gasteiger partial charge in [-0.25, -0.2) is 4.79 Å². The number of nitrogens with one attached hydrogen (secondary N) is 1. The molecule has 1 aromatic carbocycles. The molecule has 3 amide bonds. The fourth-order valence-corrected chi connectivity index (χ4v) is 4.11. The molecule has 164 valence electrons. The number of ether oxygens (including phenoxy) is 1. The zero-order chi connectivity index (χ0) is 22.1. The Balaban J connectivity index is 1.67. The predicted molar refractivity (Wildman–Crippen MR) is 115 cm³/mol. The van der Waals surface area contributed by atoms with Crippen LogP contribution in [0.4, 0.5) is 10.5 Å². The van der Waals surface area contributed by atoms with Crippen LogP contribution >= 0.6 is 0 Å². The molecule has 0 aromatic heterocycles. The first-order chi connectivity index (χ1) is 14.0. The molecular formula is C23H33N3O4. The van der Waals surface area contributed by atoms with Crippen LogP contribution in [0, 0.1) is 0 Å². The van der Waals surface area contributed by atoms with Crippen LogP contribution in [0.1, 0.15) is 64.9 Å². The molecule has 0 radical (unpaired) electrons. The Morgan fingerprint density at radius 1 is 1.23 bits per heavy atom. The Morgan fingerprint density at radius 2 is 1.90 bits per heavy atom. The molecule has 2 aliphatic rings. The van der Waals surface area contributed by atoms with E-state index in [-0.39, 0.29) is 17.9 Å². The largest absolute Gasteiger partial charge is 0.444 e. The van der Waals surface area contributed by atoms with Gasteiger partial charge >= 0.3 is 6.09 Å². The quantitative estimate of drug-likeness (QED) is 0.765. The fourth-order valence-electron chi connectivity index (χ4n) is 4.11. The van der Waals surface area contributed by atoms with E-state index in [4.69, 9.17) is 4.74 Å². The summed E-state index contributed by atoms with van der Waals surface area (Å²) in [7, 11) is 1.90. The van der Waals surface area contributed by atoms with E-state index < -0.39 is 11.1 Å². The smallest absolute Gasteiger partial charge is 0.410 e. The van der Waals surface area contributed by atoms with E-state index in [0.29, 0.717) is 31.8 Å². The van der Waals surface area contributed by atoms with E-state index >= 15 is 0 Å². The predicted octanol–water partition coefficient (Wildman–Crippen LogP) is 3.43. The summed E-state index contributed by atoms with van der Waals surface area (Å²) < 4.78 is 5.48. The summed E-state index contributed by atoms with van der Waals surface area (Å²) in [4.78, 5) is 40.1. The van der Waals surface area contributed by atoms with Gasteiger partial charge in [0.05, 0.1) is 0 Å². The average molecular weight is 416 g/mol. The van der Waals surface area contributed by atoms with Crippen LogP contribution in [0.5, 0.6) is 0 Å². The van der Waals surface area contributed by atoms with Crippen LogP contribution in [-0.4, -0.2) is 54.1 Å². The molecule has 2 aliphatic heterocycles. The van der Waals surface area contributed by atoms with E-state index in [1.807, 2.05) is 51.8 Å². The highest BCUT2D eigenvalue weighted by Gasteiger charge is 2.42. The fraction of sp³-hybridized carbons (Fsp3) is 0.609. The molecule has 0 saturated carbocycles. The number of hydrogen-bond donors (Lipinski definition) is 1. The van der Waals surface area contributed by atoms with Gasteiger partial charge in [0.25, 0.3) is 5.91 Å². The molecule has 0 unspecified atom stereocenters. The minimum absolute atomic E-state index is 0.212. The van der Waals surface area contributed by atoms with Crippen molar-refractivity contribution in [3.05, 3.63) is 29.8 Å².